The zero-order chi connectivity index (χ0) is 17.3. The van der Waals surface area contributed by atoms with Crippen molar-refractivity contribution in [3.8, 4) is 0 Å². The summed E-state index contributed by atoms with van der Waals surface area (Å²) in [6, 6.07) is 15.6. The van der Waals surface area contributed by atoms with Gasteiger partial charge in [-0.25, -0.2) is 0 Å². The summed E-state index contributed by atoms with van der Waals surface area (Å²) in [6.07, 6.45) is 0.295. The van der Waals surface area contributed by atoms with Crippen molar-refractivity contribution in [3.63, 3.8) is 0 Å². The van der Waals surface area contributed by atoms with Crippen molar-refractivity contribution in [1.82, 2.24) is 0 Å². The number of carbonyl (C=O) groups excluding carboxylic acids is 2. The molecule has 4 nitrogen and oxygen atoms in total. The molecule has 0 unspecified atom stereocenters. The van der Waals surface area contributed by atoms with Gasteiger partial charge in [-0.1, -0.05) is 42.0 Å². The molecule has 1 heterocycles. The average molecular weight is 322 g/mol. The number of para-hydroxylation sites is 2. The highest BCUT2D eigenvalue weighted by Gasteiger charge is 2.33. The molecule has 3 rings (SSSR count). The Bertz CT molecular complexity index is 765. The van der Waals surface area contributed by atoms with Crippen LogP contribution in [0.4, 0.5) is 11.4 Å². The summed E-state index contributed by atoms with van der Waals surface area (Å²) in [5.41, 5.74) is 3.74. The minimum absolute atomic E-state index is 0.0408. The van der Waals surface area contributed by atoms with E-state index in [0.717, 1.165) is 22.5 Å². The van der Waals surface area contributed by atoms with Gasteiger partial charge in [-0.2, -0.15) is 0 Å². The Kier molecular flexibility index (Phi) is 4.38. The molecule has 24 heavy (non-hydrogen) atoms. The topological polar surface area (TPSA) is 40.6 Å². The maximum Gasteiger partial charge on any atom is 0.247 e. The minimum Gasteiger partial charge on any atom is -0.306 e. The number of hydrogen-bond donors (Lipinski definition) is 0. The summed E-state index contributed by atoms with van der Waals surface area (Å²) < 4.78 is 0. The number of aryl methyl sites for hydroxylation is 1. The molecule has 2 aromatic rings. The van der Waals surface area contributed by atoms with E-state index >= 15 is 0 Å². The van der Waals surface area contributed by atoms with E-state index in [-0.39, 0.29) is 24.4 Å². The number of benzene rings is 2. The fourth-order valence-corrected chi connectivity index (χ4v) is 3.09. The molecule has 0 saturated carbocycles. The van der Waals surface area contributed by atoms with Gasteiger partial charge in [-0.3, -0.25) is 9.59 Å². The van der Waals surface area contributed by atoms with E-state index in [2.05, 4.69) is 0 Å². The molecule has 0 aliphatic carbocycles. The summed E-state index contributed by atoms with van der Waals surface area (Å²) in [7, 11) is 0. The maximum atomic E-state index is 12.8. The first-order valence-corrected chi connectivity index (χ1v) is 8.24. The third-order valence-corrected chi connectivity index (χ3v) is 4.29. The Morgan fingerprint density at radius 2 is 1.67 bits per heavy atom. The van der Waals surface area contributed by atoms with Crippen LogP contribution in [0.2, 0.25) is 0 Å². The van der Waals surface area contributed by atoms with E-state index in [1.165, 1.54) is 0 Å². The largest absolute Gasteiger partial charge is 0.306 e. The van der Waals surface area contributed by atoms with Crippen LogP contribution >= 0.6 is 0 Å². The SMILES string of the molecule is Cc1ccc(CC(=O)N2CC(=O)N(C(C)C)c3ccccc32)cc1. The van der Waals surface area contributed by atoms with Gasteiger partial charge in [0.25, 0.3) is 0 Å². The van der Waals surface area contributed by atoms with Gasteiger partial charge in [0, 0.05) is 6.04 Å². The number of rotatable bonds is 3. The van der Waals surface area contributed by atoms with Crippen molar-refractivity contribution in [2.75, 3.05) is 16.3 Å². The highest BCUT2D eigenvalue weighted by Crippen LogP contribution is 2.34. The predicted octanol–water partition coefficient (Wildman–Crippen LogP) is 3.33. The van der Waals surface area contributed by atoms with Crippen LogP contribution < -0.4 is 9.80 Å². The Morgan fingerprint density at radius 3 is 2.29 bits per heavy atom. The summed E-state index contributed by atoms with van der Waals surface area (Å²) in [4.78, 5) is 28.7. The summed E-state index contributed by atoms with van der Waals surface area (Å²) in [6.45, 7) is 6.09. The van der Waals surface area contributed by atoms with Crippen molar-refractivity contribution < 1.29 is 9.59 Å². The Hall–Kier alpha value is -2.62. The fraction of sp³-hybridized carbons (Fsp3) is 0.300. The van der Waals surface area contributed by atoms with Crippen LogP contribution in [0.5, 0.6) is 0 Å². The van der Waals surface area contributed by atoms with Gasteiger partial charge in [0.1, 0.15) is 6.54 Å². The van der Waals surface area contributed by atoms with E-state index in [0.29, 0.717) is 6.42 Å². The van der Waals surface area contributed by atoms with E-state index in [1.807, 2.05) is 69.3 Å². The lowest BCUT2D eigenvalue weighted by Crippen LogP contribution is -2.50. The van der Waals surface area contributed by atoms with E-state index < -0.39 is 0 Å². The minimum atomic E-state index is -0.0527. The van der Waals surface area contributed by atoms with Gasteiger partial charge >= 0.3 is 0 Å². The van der Waals surface area contributed by atoms with E-state index in [1.54, 1.807) is 9.80 Å². The van der Waals surface area contributed by atoms with Crippen LogP contribution in [-0.4, -0.2) is 24.4 Å². The predicted molar refractivity (Wildman–Crippen MR) is 96.3 cm³/mol. The van der Waals surface area contributed by atoms with Gasteiger partial charge < -0.3 is 9.80 Å². The Labute approximate surface area is 142 Å². The first-order chi connectivity index (χ1) is 11.5. The normalized spacial score (nSPS) is 14.1. The van der Waals surface area contributed by atoms with Gasteiger partial charge in [0.15, 0.2) is 0 Å². The highest BCUT2D eigenvalue weighted by atomic mass is 16.2. The molecule has 0 spiro atoms. The van der Waals surface area contributed by atoms with Crippen LogP contribution in [0.1, 0.15) is 25.0 Å². The molecule has 2 aromatic carbocycles. The second kappa shape index (κ2) is 6.48. The zero-order valence-electron chi connectivity index (χ0n) is 14.3. The third kappa shape index (κ3) is 3.04. The Balaban J connectivity index is 1.90. The Morgan fingerprint density at radius 1 is 1.04 bits per heavy atom. The molecule has 0 bridgehead atoms. The van der Waals surface area contributed by atoms with Crippen molar-refractivity contribution in [2.24, 2.45) is 0 Å². The standard InChI is InChI=1S/C20H22N2O2/c1-14(2)22-18-7-5-4-6-17(18)21(13-20(22)24)19(23)12-16-10-8-15(3)9-11-16/h4-11,14H,12-13H2,1-3H3. The molecule has 1 aliphatic rings. The van der Waals surface area contributed by atoms with Crippen molar-refractivity contribution >= 4 is 23.2 Å². The molecule has 0 aromatic heterocycles. The molecule has 0 fully saturated rings. The lowest BCUT2D eigenvalue weighted by Gasteiger charge is -2.38. The molecule has 1 aliphatic heterocycles. The molecular weight excluding hydrogens is 300 g/mol. The van der Waals surface area contributed by atoms with Crippen molar-refractivity contribution in [2.45, 2.75) is 33.2 Å². The highest BCUT2D eigenvalue weighted by molar-refractivity contribution is 6.11. The number of amides is 2. The lowest BCUT2D eigenvalue weighted by molar-refractivity contribution is -0.122. The summed E-state index contributed by atoms with van der Waals surface area (Å²) >= 11 is 0. The van der Waals surface area contributed by atoms with E-state index in [9.17, 15) is 9.59 Å². The maximum absolute atomic E-state index is 12.8. The van der Waals surface area contributed by atoms with E-state index in [4.69, 9.17) is 0 Å². The quantitative estimate of drug-likeness (QED) is 0.870. The number of nitrogens with zero attached hydrogens (tertiary/aromatic N) is 2. The van der Waals surface area contributed by atoms with Crippen LogP contribution in [0.15, 0.2) is 48.5 Å². The zero-order valence-corrected chi connectivity index (χ0v) is 14.3. The molecule has 4 heteroatoms. The van der Waals surface area contributed by atoms with Gasteiger partial charge in [-0.05, 0) is 38.5 Å². The molecule has 2 amide bonds. The van der Waals surface area contributed by atoms with Crippen molar-refractivity contribution in [1.29, 1.82) is 0 Å². The summed E-state index contributed by atoms with van der Waals surface area (Å²) in [5.74, 6) is -0.0935. The second-order valence-corrected chi connectivity index (χ2v) is 6.49. The monoisotopic (exact) mass is 322 g/mol. The van der Waals surface area contributed by atoms with Crippen LogP contribution in [0.25, 0.3) is 0 Å². The third-order valence-electron chi connectivity index (χ3n) is 4.29. The number of anilines is 2. The molecular formula is C20H22N2O2. The van der Waals surface area contributed by atoms with Crippen LogP contribution in [0, 0.1) is 6.92 Å². The molecule has 0 radical (unpaired) electrons. The summed E-state index contributed by atoms with van der Waals surface area (Å²) in [5, 5.41) is 0. The first-order valence-electron chi connectivity index (χ1n) is 8.24. The lowest BCUT2D eigenvalue weighted by atomic mass is 10.1. The number of hydrogen-bond acceptors (Lipinski definition) is 2. The molecule has 0 atom stereocenters. The smallest absolute Gasteiger partial charge is 0.247 e. The molecule has 0 N–H and O–H groups in total. The van der Waals surface area contributed by atoms with Gasteiger partial charge in [0.05, 0.1) is 17.8 Å². The molecule has 0 saturated heterocycles. The number of carbonyl (C=O) groups is 2. The van der Waals surface area contributed by atoms with Gasteiger partial charge in [-0.15, -0.1) is 0 Å². The molecule has 124 valence electrons. The van der Waals surface area contributed by atoms with Crippen LogP contribution in [-0.2, 0) is 16.0 Å². The second-order valence-electron chi connectivity index (χ2n) is 6.49. The average Bonchev–Trinajstić information content (AvgIpc) is 2.55. The fourth-order valence-electron chi connectivity index (χ4n) is 3.09. The van der Waals surface area contributed by atoms with Gasteiger partial charge in [0.2, 0.25) is 11.8 Å². The van der Waals surface area contributed by atoms with Crippen LogP contribution in [0.3, 0.4) is 0 Å². The number of fused-ring (bicyclic) bond motifs is 1. The van der Waals surface area contributed by atoms with Crippen molar-refractivity contribution in [3.05, 3.63) is 59.7 Å². The first kappa shape index (κ1) is 16.2.